The third-order valence-electron chi connectivity index (χ3n) is 6.49. The average Bonchev–Trinajstić information content (AvgIpc) is 3.36. The Balaban J connectivity index is 1.69. The Labute approximate surface area is 204 Å². The Morgan fingerprint density at radius 3 is 2.46 bits per heavy atom. The minimum Gasteiger partial charge on any atom is -0.477 e. The van der Waals surface area contributed by atoms with E-state index in [4.69, 9.17) is 5.73 Å². The van der Waals surface area contributed by atoms with Crippen molar-refractivity contribution in [3.05, 3.63) is 93.4 Å². The largest absolute Gasteiger partial charge is 0.477 e. The first-order valence-corrected chi connectivity index (χ1v) is 11.8. The SMILES string of the molecule is CC(CNc1ccn(-c2ccc(C(N)=O)cc2CN2CCCC2)c(=O)c1C(=O)O)c1ccccc1. The number of carbonyl (C=O) groups is 2. The van der Waals surface area contributed by atoms with Gasteiger partial charge in [0.15, 0.2) is 0 Å². The molecule has 0 aliphatic carbocycles. The number of nitrogens with two attached hydrogens (primary N) is 1. The van der Waals surface area contributed by atoms with E-state index in [-0.39, 0.29) is 17.2 Å². The van der Waals surface area contributed by atoms with Crippen LogP contribution in [0.2, 0.25) is 0 Å². The van der Waals surface area contributed by atoms with Gasteiger partial charge in [-0.2, -0.15) is 0 Å². The van der Waals surface area contributed by atoms with Crippen molar-refractivity contribution >= 4 is 17.6 Å². The number of nitrogens with zero attached hydrogens (tertiary/aromatic N) is 2. The second-order valence-electron chi connectivity index (χ2n) is 8.97. The summed E-state index contributed by atoms with van der Waals surface area (Å²) in [5.74, 6) is -1.73. The van der Waals surface area contributed by atoms with Gasteiger partial charge in [-0.3, -0.25) is 19.1 Å². The molecule has 1 aromatic heterocycles. The first-order chi connectivity index (χ1) is 16.8. The maximum atomic E-state index is 13.4. The fourth-order valence-electron chi connectivity index (χ4n) is 4.52. The van der Waals surface area contributed by atoms with Gasteiger partial charge in [0.05, 0.1) is 11.4 Å². The summed E-state index contributed by atoms with van der Waals surface area (Å²) in [5, 5.41) is 13.0. The van der Waals surface area contributed by atoms with Crippen LogP contribution in [0.4, 0.5) is 5.69 Å². The number of carbonyl (C=O) groups excluding carboxylic acids is 1. The fourth-order valence-corrected chi connectivity index (χ4v) is 4.52. The standard InChI is InChI=1S/C27H30N4O4/c1-18(19-7-3-2-4-8-19)16-29-22-11-14-31(26(33)24(22)27(34)35)23-10-9-20(25(28)32)15-21(23)17-30-12-5-6-13-30/h2-4,7-11,14-15,18,29H,5-6,12-13,16-17H2,1H3,(H2,28,32)(H,34,35). The highest BCUT2D eigenvalue weighted by atomic mass is 16.4. The summed E-state index contributed by atoms with van der Waals surface area (Å²) in [6.45, 7) is 4.91. The van der Waals surface area contributed by atoms with Crippen LogP contribution in [-0.2, 0) is 6.54 Å². The molecule has 0 bridgehead atoms. The maximum absolute atomic E-state index is 13.4. The molecule has 0 spiro atoms. The Bertz CT molecular complexity index is 1280. The summed E-state index contributed by atoms with van der Waals surface area (Å²) < 4.78 is 1.34. The topological polar surface area (TPSA) is 118 Å². The third-order valence-corrected chi connectivity index (χ3v) is 6.49. The van der Waals surface area contributed by atoms with Gasteiger partial charge in [0.1, 0.15) is 5.56 Å². The Hall–Kier alpha value is -3.91. The number of benzene rings is 2. The van der Waals surface area contributed by atoms with Gasteiger partial charge in [-0.25, -0.2) is 4.79 Å². The van der Waals surface area contributed by atoms with Gasteiger partial charge in [0, 0.05) is 24.8 Å². The predicted molar refractivity (Wildman–Crippen MR) is 135 cm³/mol. The zero-order valence-corrected chi connectivity index (χ0v) is 19.7. The van der Waals surface area contributed by atoms with Crippen molar-refractivity contribution in [1.82, 2.24) is 9.47 Å². The van der Waals surface area contributed by atoms with Crippen molar-refractivity contribution in [2.24, 2.45) is 5.73 Å². The van der Waals surface area contributed by atoms with E-state index >= 15 is 0 Å². The summed E-state index contributed by atoms with van der Waals surface area (Å²) in [5.41, 5.74) is 7.56. The Morgan fingerprint density at radius 1 is 1.09 bits per heavy atom. The van der Waals surface area contributed by atoms with E-state index in [0.29, 0.717) is 24.3 Å². The van der Waals surface area contributed by atoms with Gasteiger partial charge in [-0.05, 0) is 67.2 Å². The quantitative estimate of drug-likeness (QED) is 0.437. The lowest BCUT2D eigenvalue weighted by atomic mass is 10.0. The number of nitrogens with one attached hydrogen (secondary N) is 1. The summed E-state index contributed by atoms with van der Waals surface area (Å²) in [6, 6.07) is 16.4. The average molecular weight is 475 g/mol. The minimum atomic E-state index is -1.30. The Morgan fingerprint density at radius 2 is 1.80 bits per heavy atom. The van der Waals surface area contributed by atoms with Crippen molar-refractivity contribution in [1.29, 1.82) is 0 Å². The van der Waals surface area contributed by atoms with Gasteiger partial charge < -0.3 is 16.2 Å². The highest BCUT2D eigenvalue weighted by molar-refractivity contribution is 5.94. The van der Waals surface area contributed by atoms with Gasteiger partial charge in [-0.1, -0.05) is 37.3 Å². The molecule has 3 aromatic rings. The monoisotopic (exact) mass is 474 g/mol. The number of hydrogen-bond acceptors (Lipinski definition) is 5. The number of aromatic carboxylic acids is 1. The normalized spacial score (nSPS) is 14.5. The number of likely N-dealkylation sites (tertiary alicyclic amines) is 1. The van der Waals surface area contributed by atoms with Crippen LogP contribution in [0.3, 0.4) is 0 Å². The highest BCUT2D eigenvalue weighted by Crippen LogP contribution is 2.23. The zero-order chi connectivity index (χ0) is 24.9. The summed E-state index contributed by atoms with van der Waals surface area (Å²) >= 11 is 0. The third kappa shape index (κ3) is 5.44. The minimum absolute atomic E-state index is 0.119. The van der Waals surface area contributed by atoms with Gasteiger partial charge in [-0.15, -0.1) is 0 Å². The number of anilines is 1. The molecule has 8 nitrogen and oxygen atoms in total. The van der Waals surface area contributed by atoms with Crippen LogP contribution >= 0.6 is 0 Å². The van der Waals surface area contributed by atoms with Crippen molar-refractivity contribution in [3.63, 3.8) is 0 Å². The van der Waals surface area contributed by atoms with Gasteiger partial charge in [0.25, 0.3) is 5.56 Å². The molecule has 1 aliphatic rings. The molecule has 1 amide bonds. The van der Waals surface area contributed by atoms with Crippen LogP contribution in [0.5, 0.6) is 0 Å². The summed E-state index contributed by atoms with van der Waals surface area (Å²) in [6.07, 6.45) is 3.77. The molecular weight excluding hydrogens is 444 g/mol. The van der Waals surface area contributed by atoms with E-state index in [1.807, 2.05) is 37.3 Å². The molecule has 182 valence electrons. The van der Waals surface area contributed by atoms with Crippen LogP contribution in [0, 0.1) is 0 Å². The smallest absolute Gasteiger partial charge is 0.343 e. The van der Waals surface area contributed by atoms with E-state index in [0.717, 1.165) is 37.1 Å². The second kappa shape index (κ2) is 10.6. The van der Waals surface area contributed by atoms with Crippen LogP contribution in [0.25, 0.3) is 5.69 Å². The highest BCUT2D eigenvalue weighted by Gasteiger charge is 2.21. The Kier molecular flexibility index (Phi) is 7.31. The van der Waals surface area contributed by atoms with Gasteiger partial charge in [0.2, 0.25) is 5.91 Å². The fraction of sp³-hybridized carbons (Fsp3) is 0.296. The van der Waals surface area contributed by atoms with Crippen molar-refractivity contribution in [2.75, 3.05) is 25.0 Å². The number of hydrogen-bond donors (Lipinski definition) is 3. The lowest BCUT2D eigenvalue weighted by molar-refractivity contribution is 0.0695. The number of pyridine rings is 1. The molecule has 1 atom stereocenters. The molecule has 1 saturated heterocycles. The van der Waals surface area contributed by atoms with Crippen LogP contribution < -0.4 is 16.6 Å². The van der Waals surface area contributed by atoms with E-state index in [1.165, 1.54) is 4.57 Å². The zero-order valence-electron chi connectivity index (χ0n) is 19.7. The number of amides is 1. The molecular formula is C27H30N4O4. The molecule has 0 radical (unpaired) electrons. The van der Waals surface area contributed by atoms with E-state index < -0.39 is 17.4 Å². The van der Waals surface area contributed by atoms with Crippen molar-refractivity contribution in [3.8, 4) is 5.69 Å². The number of primary amides is 1. The van der Waals surface area contributed by atoms with Crippen molar-refractivity contribution in [2.45, 2.75) is 32.2 Å². The predicted octanol–water partition coefficient (Wildman–Crippen LogP) is 3.45. The molecule has 2 heterocycles. The molecule has 1 aliphatic heterocycles. The molecule has 0 saturated carbocycles. The number of carboxylic acids is 1. The molecule has 1 fully saturated rings. The molecule has 35 heavy (non-hydrogen) atoms. The molecule has 4 N–H and O–H groups in total. The second-order valence-corrected chi connectivity index (χ2v) is 8.97. The lowest BCUT2D eigenvalue weighted by Gasteiger charge is -2.20. The lowest BCUT2D eigenvalue weighted by Crippen LogP contribution is -2.29. The van der Waals surface area contributed by atoms with E-state index in [2.05, 4.69) is 10.2 Å². The van der Waals surface area contributed by atoms with E-state index in [9.17, 15) is 19.5 Å². The number of carboxylic acid groups (broad SMARTS) is 1. The van der Waals surface area contributed by atoms with Crippen LogP contribution in [0.1, 0.15) is 57.5 Å². The first kappa shape index (κ1) is 24.2. The van der Waals surface area contributed by atoms with Crippen molar-refractivity contribution < 1.29 is 14.7 Å². The molecule has 1 unspecified atom stereocenters. The number of rotatable bonds is 9. The molecule has 4 rings (SSSR count). The number of aromatic nitrogens is 1. The van der Waals surface area contributed by atoms with Gasteiger partial charge >= 0.3 is 5.97 Å². The van der Waals surface area contributed by atoms with Crippen LogP contribution in [0.15, 0.2) is 65.6 Å². The van der Waals surface area contributed by atoms with E-state index in [1.54, 1.807) is 30.5 Å². The van der Waals surface area contributed by atoms with Crippen LogP contribution in [-0.4, -0.2) is 46.1 Å². The first-order valence-electron chi connectivity index (χ1n) is 11.8. The molecule has 8 heteroatoms. The molecule has 2 aromatic carbocycles. The maximum Gasteiger partial charge on any atom is 0.343 e. The summed E-state index contributed by atoms with van der Waals surface area (Å²) in [7, 11) is 0. The summed E-state index contributed by atoms with van der Waals surface area (Å²) in [4.78, 5) is 39.5.